The summed E-state index contributed by atoms with van der Waals surface area (Å²) in [6.45, 7) is 8.49. The fraction of sp³-hybridized carbons (Fsp3) is 0.622. The molecule has 53 heavy (non-hydrogen) atoms. The molecular formula is C37H49FN6O8S. The summed E-state index contributed by atoms with van der Waals surface area (Å²) in [4.78, 5) is 66.0. The number of allylic oxidation sites excluding steroid dienone is 1. The second-order valence-electron chi connectivity index (χ2n) is 15.9. The lowest BCUT2D eigenvalue weighted by Gasteiger charge is -2.30. The van der Waals surface area contributed by atoms with Gasteiger partial charge in [-0.25, -0.2) is 27.6 Å². The molecule has 16 heteroatoms. The molecule has 2 aliphatic carbocycles. The predicted octanol–water partition coefficient (Wildman–Crippen LogP) is 3.97. The van der Waals surface area contributed by atoms with Gasteiger partial charge in [-0.3, -0.25) is 19.1 Å². The van der Waals surface area contributed by atoms with Crippen LogP contribution in [0.2, 0.25) is 0 Å². The van der Waals surface area contributed by atoms with Crippen molar-refractivity contribution in [1.29, 1.82) is 0 Å². The van der Waals surface area contributed by atoms with Gasteiger partial charge in [-0.05, 0) is 84.8 Å². The Morgan fingerprint density at radius 3 is 2.57 bits per heavy atom. The number of nitrogens with zero attached hydrogens (tertiary/aromatic N) is 3. The number of hydrogen-bond acceptors (Lipinski definition) is 10. The molecule has 2 aromatic rings. The van der Waals surface area contributed by atoms with Gasteiger partial charge in [-0.1, -0.05) is 31.9 Å². The van der Waals surface area contributed by atoms with Crippen molar-refractivity contribution in [2.24, 2.45) is 5.92 Å². The molecule has 0 bridgehead atoms. The van der Waals surface area contributed by atoms with E-state index in [1.54, 1.807) is 27.7 Å². The Balaban J connectivity index is 1.32. The van der Waals surface area contributed by atoms with Crippen LogP contribution in [0.1, 0.15) is 98.1 Å². The number of amides is 4. The lowest BCUT2D eigenvalue weighted by molar-refractivity contribution is -0.141. The fourth-order valence-corrected chi connectivity index (χ4v) is 8.24. The molecule has 3 N–H and O–H groups in total. The number of carbonyl (C=O) groups is 4. The maximum absolute atomic E-state index is 14.4. The van der Waals surface area contributed by atoms with E-state index in [1.807, 2.05) is 19.1 Å². The fourth-order valence-electron chi connectivity index (χ4n) is 6.93. The maximum atomic E-state index is 14.4. The van der Waals surface area contributed by atoms with Gasteiger partial charge in [0.15, 0.2) is 0 Å². The molecule has 0 spiro atoms. The normalized spacial score (nSPS) is 28.0. The number of aryl methyl sites for hydroxylation is 1. The first-order valence-electron chi connectivity index (χ1n) is 18.4. The standard InChI is InChI=1S/C37H49FN6O8S/c1-6-25-31(40-28-18-23(38)14-15-26(28)39-25)51-24-19-29-30(45)42-37(33(47)43-53(49,50)36(5)16-17-36)20-22(37)12-10-8-7-9-11-13-27(32(46)44(29)21-24)41-34(48)52-35(2,3)4/h10,12,14-15,18,22,24,27,29H,6-9,11,13,16-17,19-21H2,1-5H3,(H,41,48)(H,42,45)(H,43,47)/b12-10-/t22-,24-,27+,29+,37-/m1/s1. The monoisotopic (exact) mass is 756 g/mol. The van der Waals surface area contributed by atoms with Crippen LogP contribution in [-0.4, -0.2) is 87.7 Å². The van der Waals surface area contributed by atoms with Crippen molar-refractivity contribution in [3.05, 3.63) is 41.9 Å². The van der Waals surface area contributed by atoms with Gasteiger partial charge in [-0.2, -0.15) is 0 Å². The average Bonchev–Trinajstić information content (AvgIpc) is 3.95. The zero-order valence-corrected chi connectivity index (χ0v) is 31.7. The lowest BCUT2D eigenvalue weighted by atomic mass is 10.0. The highest BCUT2D eigenvalue weighted by Gasteiger charge is 2.63. The number of benzene rings is 1. The van der Waals surface area contributed by atoms with Crippen LogP contribution in [0, 0.1) is 11.7 Å². The van der Waals surface area contributed by atoms with Crippen molar-refractivity contribution in [2.75, 3.05) is 6.54 Å². The van der Waals surface area contributed by atoms with Crippen LogP contribution in [0.5, 0.6) is 5.88 Å². The van der Waals surface area contributed by atoms with Gasteiger partial charge < -0.3 is 25.0 Å². The molecule has 1 aromatic heterocycles. The third-order valence-electron chi connectivity index (χ3n) is 10.4. The molecule has 1 aromatic carbocycles. The summed E-state index contributed by atoms with van der Waals surface area (Å²) >= 11 is 0. The summed E-state index contributed by atoms with van der Waals surface area (Å²) in [6, 6.07) is 1.86. The Bertz CT molecular complexity index is 1930. The molecule has 2 aliphatic heterocycles. The van der Waals surface area contributed by atoms with Crippen LogP contribution >= 0.6 is 0 Å². The Morgan fingerprint density at radius 2 is 1.87 bits per heavy atom. The van der Waals surface area contributed by atoms with Crippen LogP contribution in [-0.2, 0) is 35.6 Å². The molecule has 3 heterocycles. The number of sulfonamides is 1. The van der Waals surface area contributed by atoms with E-state index in [1.165, 1.54) is 23.1 Å². The third kappa shape index (κ3) is 8.42. The summed E-state index contributed by atoms with van der Waals surface area (Å²) in [5.41, 5.74) is -1.11. The minimum atomic E-state index is -4.00. The molecule has 0 radical (unpaired) electrons. The Hall–Kier alpha value is -4.34. The SMILES string of the molecule is CCc1nc2ccc(F)cc2nc1O[C@@H]1C[C@H]2C(=O)N[C@]3(C(=O)NS(=O)(=O)C4(C)CC4)C[C@H]3/C=C\CCCCC[C@H](NC(=O)OC(C)(C)C)C(=O)N2C1. The van der Waals surface area contributed by atoms with Crippen LogP contribution in [0.25, 0.3) is 11.0 Å². The topological polar surface area (TPSA) is 186 Å². The molecule has 288 valence electrons. The molecule has 0 unspecified atom stereocenters. The van der Waals surface area contributed by atoms with Gasteiger partial charge in [0.2, 0.25) is 27.7 Å². The first-order chi connectivity index (χ1) is 24.9. The Kier molecular flexibility index (Phi) is 10.5. The number of hydrogen-bond donors (Lipinski definition) is 3. The minimum Gasteiger partial charge on any atom is -0.471 e. The smallest absolute Gasteiger partial charge is 0.408 e. The number of nitrogens with one attached hydrogen (secondary N) is 3. The van der Waals surface area contributed by atoms with Gasteiger partial charge >= 0.3 is 6.09 Å². The number of rotatable bonds is 7. The predicted molar refractivity (Wildman–Crippen MR) is 192 cm³/mol. The van der Waals surface area contributed by atoms with Crippen molar-refractivity contribution < 1.29 is 41.5 Å². The van der Waals surface area contributed by atoms with E-state index < -0.39 is 79.6 Å². The molecule has 1 saturated heterocycles. The number of fused-ring (bicyclic) bond motifs is 3. The van der Waals surface area contributed by atoms with Gasteiger partial charge in [0.25, 0.3) is 5.91 Å². The Morgan fingerprint density at radius 1 is 1.11 bits per heavy atom. The summed E-state index contributed by atoms with van der Waals surface area (Å²) in [6.07, 6.45) is 6.72. The highest BCUT2D eigenvalue weighted by Crippen LogP contribution is 2.47. The second-order valence-corrected chi connectivity index (χ2v) is 18.1. The van der Waals surface area contributed by atoms with E-state index in [0.717, 1.165) is 12.8 Å². The minimum absolute atomic E-state index is 0.0165. The van der Waals surface area contributed by atoms with E-state index in [0.29, 0.717) is 43.3 Å². The number of ether oxygens (including phenoxy) is 2. The van der Waals surface area contributed by atoms with Crippen LogP contribution in [0.4, 0.5) is 9.18 Å². The van der Waals surface area contributed by atoms with Gasteiger partial charge in [0.1, 0.15) is 40.8 Å². The quantitative estimate of drug-likeness (QED) is 0.349. The van der Waals surface area contributed by atoms with E-state index in [2.05, 4.69) is 25.3 Å². The van der Waals surface area contributed by atoms with Crippen molar-refractivity contribution in [2.45, 2.75) is 133 Å². The van der Waals surface area contributed by atoms with E-state index >= 15 is 0 Å². The first-order valence-corrected chi connectivity index (χ1v) is 19.9. The summed E-state index contributed by atoms with van der Waals surface area (Å²) in [5.74, 6) is -2.84. The van der Waals surface area contributed by atoms with Gasteiger partial charge in [0.05, 0.1) is 22.3 Å². The molecule has 6 rings (SSSR count). The van der Waals surface area contributed by atoms with Crippen molar-refractivity contribution in [3.8, 4) is 5.88 Å². The molecular weight excluding hydrogens is 708 g/mol. The summed E-state index contributed by atoms with van der Waals surface area (Å²) < 4.78 is 53.3. The van der Waals surface area contributed by atoms with Gasteiger partial charge in [0, 0.05) is 18.4 Å². The number of aromatic nitrogens is 2. The van der Waals surface area contributed by atoms with E-state index in [-0.39, 0.29) is 37.2 Å². The zero-order valence-electron chi connectivity index (χ0n) is 30.9. The van der Waals surface area contributed by atoms with Crippen molar-refractivity contribution in [1.82, 2.24) is 30.2 Å². The molecule has 4 aliphatic rings. The largest absolute Gasteiger partial charge is 0.471 e. The molecule has 14 nitrogen and oxygen atoms in total. The molecule has 3 fully saturated rings. The maximum Gasteiger partial charge on any atom is 0.408 e. The Labute approximate surface area is 309 Å². The molecule has 4 amide bonds. The second kappa shape index (κ2) is 14.5. The van der Waals surface area contributed by atoms with E-state index in [4.69, 9.17) is 9.47 Å². The highest BCUT2D eigenvalue weighted by molar-refractivity contribution is 7.91. The number of carbonyl (C=O) groups excluding carboxylic acids is 4. The summed E-state index contributed by atoms with van der Waals surface area (Å²) in [7, 11) is -4.00. The highest BCUT2D eigenvalue weighted by atomic mass is 32.2. The lowest BCUT2D eigenvalue weighted by Crippen LogP contribution is -2.58. The third-order valence-corrected chi connectivity index (χ3v) is 12.6. The summed E-state index contributed by atoms with van der Waals surface area (Å²) in [5, 5.41) is 5.56. The van der Waals surface area contributed by atoms with E-state index in [9.17, 15) is 32.0 Å². The zero-order chi connectivity index (χ0) is 38.3. The number of halogens is 1. The molecule has 2 saturated carbocycles. The van der Waals surface area contributed by atoms with Crippen LogP contribution < -0.4 is 20.1 Å². The molecule has 5 atom stereocenters. The average molecular weight is 757 g/mol. The van der Waals surface area contributed by atoms with Crippen molar-refractivity contribution in [3.63, 3.8) is 0 Å². The number of alkyl carbamates (subject to hydrolysis) is 1. The van der Waals surface area contributed by atoms with Crippen LogP contribution in [0.3, 0.4) is 0 Å². The van der Waals surface area contributed by atoms with Crippen LogP contribution in [0.15, 0.2) is 30.4 Å². The first kappa shape index (κ1) is 38.4. The van der Waals surface area contributed by atoms with Gasteiger partial charge in [-0.15, -0.1) is 0 Å². The van der Waals surface area contributed by atoms with Crippen molar-refractivity contribution >= 4 is 44.9 Å².